The van der Waals surface area contributed by atoms with Gasteiger partial charge >= 0.3 is 0 Å². The van der Waals surface area contributed by atoms with Crippen LogP contribution in [-0.2, 0) is 0 Å². The third kappa shape index (κ3) is 2.02. The molecule has 0 saturated heterocycles. The maximum atomic E-state index is 13.5. The number of ether oxygens (including phenoxy) is 1. The van der Waals surface area contributed by atoms with Gasteiger partial charge in [0.2, 0.25) is 0 Å². The summed E-state index contributed by atoms with van der Waals surface area (Å²) in [5.41, 5.74) is 3.05. The van der Waals surface area contributed by atoms with Crippen molar-refractivity contribution < 1.29 is 9.13 Å². The van der Waals surface area contributed by atoms with Gasteiger partial charge < -0.3 is 4.74 Å². The maximum Gasteiger partial charge on any atom is 0.131 e. The van der Waals surface area contributed by atoms with Crippen molar-refractivity contribution in [3.8, 4) is 5.75 Å². The van der Waals surface area contributed by atoms with Crippen molar-refractivity contribution in [2.24, 2.45) is 5.84 Å². The van der Waals surface area contributed by atoms with Crippen LogP contribution < -0.4 is 16.0 Å². The average Bonchev–Trinajstić information content (AvgIpc) is 2.22. The monoisotopic (exact) mass is 198 g/mol. The van der Waals surface area contributed by atoms with Gasteiger partial charge in [0.1, 0.15) is 11.6 Å². The van der Waals surface area contributed by atoms with Crippen LogP contribution in [0.15, 0.2) is 18.2 Å². The van der Waals surface area contributed by atoms with E-state index in [1.807, 2.05) is 6.92 Å². The molecule has 1 rings (SSSR count). The van der Waals surface area contributed by atoms with Crippen molar-refractivity contribution in [3.05, 3.63) is 29.6 Å². The van der Waals surface area contributed by atoms with E-state index in [-0.39, 0.29) is 11.9 Å². The first-order valence-electron chi connectivity index (χ1n) is 4.53. The highest BCUT2D eigenvalue weighted by Crippen LogP contribution is 2.28. The van der Waals surface area contributed by atoms with E-state index in [0.717, 1.165) is 0 Å². The summed E-state index contributed by atoms with van der Waals surface area (Å²) in [4.78, 5) is 0. The number of rotatable bonds is 4. The van der Waals surface area contributed by atoms with Crippen LogP contribution in [0, 0.1) is 5.82 Å². The number of hydrogen-bond donors (Lipinski definition) is 2. The molecule has 0 aliphatic carbocycles. The lowest BCUT2D eigenvalue weighted by Crippen LogP contribution is -2.28. The molecule has 14 heavy (non-hydrogen) atoms. The molecular weight excluding hydrogens is 183 g/mol. The van der Waals surface area contributed by atoms with Crippen molar-refractivity contribution in [1.82, 2.24) is 5.43 Å². The van der Waals surface area contributed by atoms with Crippen LogP contribution in [0.3, 0.4) is 0 Å². The van der Waals surface area contributed by atoms with Crippen LogP contribution in [0.1, 0.15) is 24.9 Å². The number of nitrogens with two attached hydrogens (primary N) is 1. The zero-order chi connectivity index (χ0) is 10.6. The van der Waals surface area contributed by atoms with E-state index in [1.165, 1.54) is 13.2 Å². The summed E-state index contributed by atoms with van der Waals surface area (Å²) in [6.07, 6.45) is 0.702. The van der Waals surface area contributed by atoms with E-state index in [4.69, 9.17) is 10.6 Å². The van der Waals surface area contributed by atoms with E-state index >= 15 is 0 Å². The quantitative estimate of drug-likeness (QED) is 0.572. The number of methoxy groups -OCH3 is 1. The van der Waals surface area contributed by atoms with Gasteiger partial charge in [-0.25, -0.2) is 4.39 Å². The van der Waals surface area contributed by atoms with Gasteiger partial charge in [-0.3, -0.25) is 11.3 Å². The summed E-state index contributed by atoms with van der Waals surface area (Å²) in [5, 5.41) is 0. The molecule has 0 spiro atoms. The Kier molecular flexibility index (Phi) is 3.85. The third-order valence-electron chi connectivity index (χ3n) is 2.19. The van der Waals surface area contributed by atoms with Gasteiger partial charge in [-0.05, 0) is 18.6 Å². The second-order valence-electron chi connectivity index (χ2n) is 2.98. The molecular formula is C10H15FN2O. The van der Waals surface area contributed by atoms with Gasteiger partial charge in [0.05, 0.1) is 13.2 Å². The Morgan fingerprint density at radius 3 is 2.79 bits per heavy atom. The van der Waals surface area contributed by atoms with E-state index in [9.17, 15) is 4.39 Å². The minimum Gasteiger partial charge on any atom is -0.496 e. The molecule has 0 saturated carbocycles. The standard InChI is InChI=1S/C10H15FN2O/c1-3-8(13-12)10-7(11)5-4-6-9(10)14-2/h4-6,8,13H,3,12H2,1-2H3. The second kappa shape index (κ2) is 4.93. The smallest absolute Gasteiger partial charge is 0.131 e. The van der Waals surface area contributed by atoms with E-state index in [0.29, 0.717) is 17.7 Å². The number of hydrazine groups is 1. The Morgan fingerprint density at radius 2 is 2.29 bits per heavy atom. The first kappa shape index (κ1) is 10.9. The van der Waals surface area contributed by atoms with Gasteiger partial charge in [0.25, 0.3) is 0 Å². The largest absolute Gasteiger partial charge is 0.496 e. The third-order valence-corrected chi connectivity index (χ3v) is 2.19. The van der Waals surface area contributed by atoms with Crippen molar-refractivity contribution in [2.45, 2.75) is 19.4 Å². The Hall–Kier alpha value is -1.13. The number of benzene rings is 1. The lowest BCUT2D eigenvalue weighted by atomic mass is 10.0. The van der Waals surface area contributed by atoms with Crippen LogP contribution >= 0.6 is 0 Å². The van der Waals surface area contributed by atoms with Gasteiger partial charge in [-0.1, -0.05) is 13.0 Å². The Balaban J connectivity index is 3.14. The molecule has 1 atom stereocenters. The van der Waals surface area contributed by atoms with Crippen LogP contribution in [-0.4, -0.2) is 7.11 Å². The van der Waals surface area contributed by atoms with Crippen molar-refractivity contribution in [2.75, 3.05) is 7.11 Å². The van der Waals surface area contributed by atoms with E-state index < -0.39 is 0 Å². The molecule has 4 heteroatoms. The zero-order valence-corrected chi connectivity index (χ0v) is 8.38. The molecule has 1 aromatic carbocycles. The van der Waals surface area contributed by atoms with Gasteiger partial charge in [0, 0.05) is 5.56 Å². The summed E-state index contributed by atoms with van der Waals surface area (Å²) < 4.78 is 18.6. The second-order valence-corrected chi connectivity index (χ2v) is 2.98. The fraction of sp³-hybridized carbons (Fsp3) is 0.400. The highest BCUT2D eigenvalue weighted by atomic mass is 19.1. The predicted octanol–water partition coefficient (Wildman–Crippen LogP) is 1.75. The first-order valence-corrected chi connectivity index (χ1v) is 4.53. The first-order chi connectivity index (χ1) is 6.74. The SMILES string of the molecule is CCC(NN)c1c(F)cccc1OC. The number of hydrogen-bond acceptors (Lipinski definition) is 3. The normalized spacial score (nSPS) is 12.6. The topological polar surface area (TPSA) is 47.3 Å². The molecule has 0 aliphatic rings. The molecule has 0 bridgehead atoms. The van der Waals surface area contributed by atoms with E-state index in [1.54, 1.807) is 12.1 Å². The average molecular weight is 198 g/mol. The van der Waals surface area contributed by atoms with Gasteiger partial charge in [-0.2, -0.15) is 0 Å². The van der Waals surface area contributed by atoms with Crippen LogP contribution in [0.25, 0.3) is 0 Å². The molecule has 0 radical (unpaired) electrons. The fourth-order valence-corrected chi connectivity index (χ4v) is 1.44. The summed E-state index contributed by atoms with van der Waals surface area (Å²) >= 11 is 0. The summed E-state index contributed by atoms with van der Waals surface area (Å²) in [7, 11) is 1.52. The summed E-state index contributed by atoms with van der Waals surface area (Å²) in [5.74, 6) is 5.56. The Bertz CT molecular complexity index is 300. The van der Waals surface area contributed by atoms with Crippen LogP contribution in [0.4, 0.5) is 4.39 Å². The van der Waals surface area contributed by atoms with Crippen LogP contribution in [0.2, 0.25) is 0 Å². The van der Waals surface area contributed by atoms with Crippen molar-refractivity contribution in [3.63, 3.8) is 0 Å². The van der Waals surface area contributed by atoms with Crippen molar-refractivity contribution >= 4 is 0 Å². The van der Waals surface area contributed by atoms with E-state index in [2.05, 4.69) is 5.43 Å². The molecule has 0 aliphatic heterocycles. The summed E-state index contributed by atoms with van der Waals surface area (Å²) in [6, 6.07) is 4.52. The highest BCUT2D eigenvalue weighted by molar-refractivity contribution is 5.37. The molecule has 0 aromatic heterocycles. The Morgan fingerprint density at radius 1 is 1.57 bits per heavy atom. The summed E-state index contributed by atoms with van der Waals surface area (Å²) in [6.45, 7) is 1.93. The molecule has 3 N–H and O–H groups in total. The number of halogens is 1. The predicted molar refractivity (Wildman–Crippen MR) is 53.3 cm³/mol. The van der Waals surface area contributed by atoms with Crippen LogP contribution in [0.5, 0.6) is 5.75 Å². The minimum atomic E-state index is -0.297. The van der Waals surface area contributed by atoms with Crippen molar-refractivity contribution in [1.29, 1.82) is 0 Å². The fourth-order valence-electron chi connectivity index (χ4n) is 1.44. The molecule has 1 aromatic rings. The molecule has 78 valence electrons. The maximum absolute atomic E-state index is 13.5. The lowest BCUT2D eigenvalue weighted by Gasteiger charge is -2.17. The molecule has 0 fully saturated rings. The Labute approximate surface area is 83.0 Å². The minimum absolute atomic E-state index is 0.217. The molecule has 0 amide bonds. The zero-order valence-electron chi connectivity index (χ0n) is 8.38. The highest BCUT2D eigenvalue weighted by Gasteiger charge is 2.17. The number of nitrogens with one attached hydrogen (secondary N) is 1. The lowest BCUT2D eigenvalue weighted by molar-refractivity contribution is 0.389. The molecule has 0 heterocycles. The van der Waals surface area contributed by atoms with Gasteiger partial charge in [-0.15, -0.1) is 0 Å². The molecule has 1 unspecified atom stereocenters. The molecule has 3 nitrogen and oxygen atoms in total. The van der Waals surface area contributed by atoms with Gasteiger partial charge in [0.15, 0.2) is 0 Å².